The highest BCUT2D eigenvalue weighted by Crippen LogP contribution is 2.25. The molecule has 3 heterocycles. The summed E-state index contributed by atoms with van der Waals surface area (Å²) >= 11 is 0. The van der Waals surface area contributed by atoms with Crippen LogP contribution in [-0.2, 0) is 11.2 Å². The van der Waals surface area contributed by atoms with Crippen LogP contribution >= 0.6 is 0 Å². The molecule has 194 valence electrons. The van der Waals surface area contributed by atoms with Gasteiger partial charge in [-0.1, -0.05) is 0 Å². The van der Waals surface area contributed by atoms with Gasteiger partial charge in [-0.25, -0.2) is 4.98 Å². The predicted molar refractivity (Wildman–Crippen MR) is 147 cm³/mol. The summed E-state index contributed by atoms with van der Waals surface area (Å²) in [6, 6.07) is 17.8. The number of carbonyl (C=O) groups is 1. The number of anilines is 2. The molecule has 0 atom stereocenters. The largest absolute Gasteiger partial charge is 0.424 e. The Balaban J connectivity index is 1.05. The Bertz CT molecular complexity index is 1430. The topological polar surface area (TPSA) is 110 Å². The van der Waals surface area contributed by atoms with Gasteiger partial charge in [-0.05, 0) is 79.9 Å². The maximum absolute atomic E-state index is 11.2. The lowest BCUT2D eigenvalue weighted by Crippen LogP contribution is -2.46. The van der Waals surface area contributed by atoms with E-state index in [1.54, 1.807) is 12.3 Å². The van der Waals surface area contributed by atoms with E-state index in [0.717, 1.165) is 57.5 Å². The zero-order chi connectivity index (χ0) is 26.3. The number of amides is 1. The van der Waals surface area contributed by atoms with Crippen LogP contribution in [0.2, 0.25) is 0 Å². The highest BCUT2D eigenvalue weighted by Gasteiger charge is 2.17. The van der Waals surface area contributed by atoms with Crippen molar-refractivity contribution < 1.29 is 9.53 Å². The number of aromatic amines is 1. The molecule has 1 fully saturated rings. The van der Waals surface area contributed by atoms with E-state index in [4.69, 9.17) is 4.74 Å². The molecular formula is C29H31N7O2. The molecule has 1 amide bonds. The molecule has 38 heavy (non-hydrogen) atoms. The molecule has 1 aliphatic rings. The second-order valence-corrected chi connectivity index (χ2v) is 9.47. The quantitative estimate of drug-likeness (QED) is 0.314. The molecule has 0 radical (unpaired) electrons. The molecule has 0 spiro atoms. The minimum Gasteiger partial charge on any atom is -0.424 e. The first kappa shape index (κ1) is 25.2. The van der Waals surface area contributed by atoms with Crippen LogP contribution < -0.4 is 15.0 Å². The molecule has 9 heteroatoms. The predicted octanol–water partition coefficient (Wildman–Crippen LogP) is 4.73. The van der Waals surface area contributed by atoms with Crippen LogP contribution in [0, 0.1) is 11.3 Å². The number of nitrogens with one attached hydrogen (secondary N) is 2. The van der Waals surface area contributed by atoms with Crippen molar-refractivity contribution in [1.82, 2.24) is 19.9 Å². The lowest BCUT2D eigenvalue weighted by Gasteiger charge is -2.36. The monoisotopic (exact) mass is 509 g/mol. The summed E-state index contributed by atoms with van der Waals surface area (Å²) in [4.78, 5) is 27.8. The minimum absolute atomic E-state index is 0.189. The second kappa shape index (κ2) is 11.8. The van der Waals surface area contributed by atoms with Crippen molar-refractivity contribution in [2.75, 3.05) is 42.9 Å². The van der Waals surface area contributed by atoms with Crippen LogP contribution in [0.1, 0.15) is 30.9 Å². The third-order valence-corrected chi connectivity index (χ3v) is 6.79. The highest BCUT2D eigenvalue weighted by molar-refractivity contribution is 5.87. The molecule has 9 nitrogen and oxygen atoms in total. The van der Waals surface area contributed by atoms with E-state index in [-0.39, 0.29) is 11.9 Å². The van der Waals surface area contributed by atoms with Crippen molar-refractivity contribution in [3.05, 3.63) is 72.1 Å². The van der Waals surface area contributed by atoms with E-state index in [1.807, 2.05) is 30.3 Å². The molecule has 0 aliphatic carbocycles. The van der Waals surface area contributed by atoms with Crippen LogP contribution in [0.5, 0.6) is 11.8 Å². The van der Waals surface area contributed by atoms with Gasteiger partial charge in [0.2, 0.25) is 5.91 Å². The molecule has 1 saturated heterocycles. The van der Waals surface area contributed by atoms with E-state index >= 15 is 0 Å². The Labute approximate surface area is 222 Å². The Morgan fingerprint density at radius 3 is 2.68 bits per heavy atom. The third kappa shape index (κ3) is 6.28. The average Bonchev–Trinajstić information content (AvgIpc) is 3.34. The molecule has 2 N–H and O–H groups in total. The summed E-state index contributed by atoms with van der Waals surface area (Å²) < 4.78 is 5.76. The number of aryl methyl sites for hydroxylation is 1. The van der Waals surface area contributed by atoms with Gasteiger partial charge in [-0.15, -0.1) is 0 Å². The number of fused-ring (bicyclic) bond motifs is 1. The number of aromatic nitrogens is 3. The Hall–Kier alpha value is -4.42. The van der Waals surface area contributed by atoms with Crippen molar-refractivity contribution in [3.63, 3.8) is 0 Å². The number of unbranched alkanes of at least 4 members (excludes halogenated alkanes) is 1. The van der Waals surface area contributed by atoms with Gasteiger partial charge in [-0.3, -0.25) is 9.69 Å². The SMILES string of the molecule is CC(=O)Nc1ccnc(Oc2ccc(N3CCN(CCCCc4c[nH]c5ccc(C#N)cc45)CC3)cc2)n1. The van der Waals surface area contributed by atoms with Gasteiger partial charge < -0.3 is 19.9 Å². The van der Waals surface area contributed by atoms with Crippen LogP contribution in [-0.4, -0.2) is 58.5 Å². The van der Waals surface area contributed by atoms with Crippen molar-refractivity contribution in [2.45, 2.75) is 26.2 Å². The second-order valence-electron chi connectivity index (χ2n) is 9.47. The number of hydrogen-bond acceptors (Lipinski definition) is 7. The summed E-state index contributed by atoms with van der Waals surface area (Å²) in [6.45, 7) is 6.59. The normalized spacial score (nSPS) is 13.8. The van der Waals surface area contributed by atoms with Gasteiger partial charge in [0.25, 0.3) is 0 Å². The number of carbonyl (C=O) groups excluding carboxylic acids is 1. The lowest BCUT2D eigenvalue weighted by molar-refractivity contribution is -0.114. The first-order valence-corrected chi connectivity index (χ1v) is 12.9. The number of benzene rings is 2. The van der Waals surface area contributed by atoms with Crippen molar-refractivity contribution in [1.29, 1.82) is 5.26 Å². The molecule has 1 aliphatic heterocycles. The fourth-order valence-corrected chi connectivity index (χ4v) is 4.81. The van der Waals surface area contributed by atoms with Gasteiger partial charge in [0.05, 0.1) is 11.6 Å². The summed E-state index contributed by atoms with van der Waals surface area (Å²) in [5, 5.41) is 13.0. The molecule has 4 aromatic rings. The smallest absolute Gasteiger partial charge is 0.323 e. The number of ether oxygens (including phenoxy) is 1. The van der Waals surface area contributed by atoms with E-state index in [2.05, 4.69) is 54.5 Å². The number of hydrogen-bond donors (Lipinski definition) is 2. The van der Waals surface area contributed by atoms with E-state index < -0.39 is 0 Å². The molecule has 0 bridgehead atoms. The third-order valence-electron chi connectivity index (χ3n) is 6.79. The average molecular weight is 510 g/mol. The number of rotatable bonds is 9. The molecular weight excluding hydrogens is 478 g/mol. The van der Waals surface area contributed by atoms with Crippen LogP contribution in [0.3, 0.4) is 0 Å². The number of H-pyrrole nitrogens is 1. The Morgan fingerprint density at radius 1 is 1.11 bits per heavy atom. The maximum Gasteiger partial charge on any atom is 0.323 e. The zero-order valence-electron chi connectivity index (χ0n) is 21.5. The van der Waals surface area contributed by atoms with E-state index in [9.17, 15) is 10.1 Å². The van der Waals surface area contributed by atoms with Gasteiger partial charge in [0, 0.05) is 62.1 Å². The summed E-state index contributed by atoms with van der Waals surface area (Å²) in [6.07, 6.45) is 6.93. The van der Waals surface area contributed by atoms with E-state index in [1.165, 1.54) is 23.6 Å². The molecule has 5 rings (SSSR count). The highest BCUT2D eigenvalue weighted by atomic mass is 16.5. The Kier molecular flexibility index (Phi) is 7.81. The van der Waals surface area contributed by atoms with Crippen molar-refractivity contribution >= 4 is 28.3 Å². The number of nitrogens with zero attached hydrogens (tertiary/aromatic N) is 5. The summed E-state index contributed by atoms with van der Waals surface area (Å²) in [5.74, 6) is 0.857. The molecule has 0 saturated carbocycles. The van der Waals surface area contributed by atoms with Crippen molar-refractivity contribution in [2.24, 2.45) is 0 Å². The standard InChI is InChI=1S/C29H31N7O2/c1-21(37)33-28-11-12-31-29(34-28)38-25-8-6-24(7-9-25)36-16-14-35(15-17-36)13-3-2-4-23-20-32-27-10-5-22(19-30)18-26(23)27/h5-12,18,20,32H,2-4,13-17H2,1H3,(H,31,33,34,37). The van der Waals surface area contributed by atoms with E-state index in [0.29, 0.717) is 17.1 Å². The minimum atomic E-state index is -0.194. The maximum atomic E-state index is 11.2. The zero-order valence-corrected chi connectivity index (χ0v) is 21.5. The van der Waals surface area contributed by atoms with Gasteiger partial charge in [0.15, 0.2) is 0 Å². The summed E-state index contributed by atoms with van der Waals surface area (Å²) in [5.41, 5.74) is 4.27. The van der Waals surface area contributed by atoms with Gasteiger partial charge in [0.1, 0.15) is 11.6 Å². The molecule has 0 unspecified atom stereocenters. The van der Waals surface area contributed by atoms with Crippen LogP contribution in [0.15, 0.2) is 60.9 Å². The first-order valence-electron chi connectivity index (χ1n) is 12.9. The van der Waals surface area contributed by atoms with Gasteiger partial charge in [-0.2, -0.15) is 10.2 Å². The van der Waals surface area contributed by atoms with Crippen molar-refractivity contribution in [3.8, 4) is 17.8 Å². The fourth-order valence-electron chi connectivity index (χ4n) is 4.81. The summed E-state index contributed by atoms with van der Waals surface area (Å²) in [7, 11) is 0. The number of nitriles is 1. The molecule has 2 aromatic carbocycles. The Morgan fingerprint density at radius 2 is 1.92 bits per heavy atom. The van der Waals surface area contributed by atoms with Gasteiger partial charge >= 0.3 is 6.01 Å². The number of piperazine rings is 1. The molecule has 2 aromatic heterocycles. The van der Waals surface area contributed by atoms with Crippen LogP contribution in [0.4, 0.5) is 11.5 Å². The fraction of sp³-hybridized carbons (Fsp3) is 0.310. The van der Waals surface area contributed by atoms with Crippen LogP contribution in [0.25, 0.3) is 10.9 Å². The lowest BCUT2D eigenvalue weighted by atomic mass is 10.1. The first-order chi connectivity index (χ1) is 18.6.